The van der Waals surface area contributed by atoms with Crippen LogP contribution >= 0.6 is 11.8 Å². The van der Waals surface area contributed by atoms with Crippen LogP contribution in [0.15, 0.2) is 18.2 Å². The molecule has 0 bridgehead atoms. The number of ether oxygens (including phenoxy) is 2. The molecule has 5 heteroatoms. The van der Waals surface area contributed by atoms with E-state index in [1.165, 1.54) is 18.9 Å². The smallest absolute Gasteiger partial charge is 0.185 e. The first-order valence-electron chi connectivity index (χ1n) is 6.13. The number of carbonyl (C=O) groups excluding carboxylic acids is 2. The molecule has 0 saturated heterocycles. The minimum atomic E-state index is 0.109. The van der Waals surface area contributed by atoms with Crippen molar-refractivity contribution in [3.8, 4) is 11.5 Å². The van der Waals surface area contributed by atoms with Crippen LogP contribution in [0.2, 0.25) is 0 Å². The van der Waals surface area contributed by atoms with Crippen LogP contribution in [0, 0.1) is 0 Å². The Labute approximate surface area is 123 Å². The fourth-order valence-electron chi connectivity index (χ4n) is 1.64. The summed E-state index contributed by atoms with van der Waals surface area (Å²) in [5, 5.41) is 0.109. The largest absolute Gasteiger partial charge is 0.493 e. The van der Waals surface area contributed by atoms with Gasteiger partial charge in [0.25, 0.3) is 0 Å². The Morgan fingerprint density at radius 1 is 1.20 bits per heavy atom. The van der Waals surface area contributed by atoms with E-state index in [2.05, 4.69) is 0 Å². The van der Waals surface area contributed by atoms with Crippen LogP contribution in [0.25, 0.3) is 6.08 Å². The summed E-state index contributed by atoms with van der Waals surface area (Å²) in [6, 6.07) is 3.41. The van der Waals surface area contributed by atoms with Crippen molar-refractivity contribution in [1.29, 1.82) is 0 Å². The number of rotatable bonds is 7. The fourth-order valence-corrected chi connectivity index (χ4v) is 2.18. The highest BCUT2D eigenvalue weighted by Crippen LogP contribution is 2.30. The van der Waals surface area contributed by atoms with Gasteiger partial charge in [-0.25, -0.2) is 0 Å². The Balaban J connectivity index is 2.85. The van der Waals surface area contributed by atoms with E-state index in [0.717, 1.165) is 24.0 Å². The topological polar surface area (TPSA) is 52.6 Å². The summed E-state index contributed by atoms with van der Waals surface area (Å²) in [4.78, 5) is 21.9. The molecule has 0 aliphatic heterocycles. The molecule has 108 valence electrons. The van der Waals surface area contributed by atoms with Crippen molar-refractivity contribution in [2.75, 3.05) is 20.0 Å². The summed E-state index contributed by atoms with van der Waals surface area (Å²) in [6.45, 7) is 1.55. The summed E-state index contributed by atoms with van der Waals surface area (Å²) >= 11 is 1.29. The normalized spacial score (nSPS) is 10.6. The van der Waals surface area contributed by atoms with Gasteiger partial charge in [-0.3, -0.25) is 9.59 Å². The standard InChI is InChI=1S/C15H18O4S/c1-11(17)20-7-5-4-6-12-8-14(18-2)15(19-3)9-13(12)10-16/h4,6,8-10H,5,7H2,1-3H3. The van der Waals surface area contributed by atoms with Gasteiger partial charge in [-0.2, -0.15) is 0 Å². The number of aldehydes is 1. The van der Waals surface area contributed by atoms with Gasteiger partial charge >= 0.3 is 0 Å². The van der Waals surface area contributed by atoms with Gasteiger partial charge in [0.05, 0.1) is 14.2 Å². The Hall–Kier alpha value is -1.75. The van der Waals surface area contributed by atoms with Crippen LogP contribution < -0.4 is 9.47 Å². The van der Waals surface area contributed by atoms with Crippen molar-refractivity contribution in [2.45, 2.75) is 13.3 Å². The van der Waals surface area contributed by atoms with Gasteiger partial charge in [-0.15, -0.1) is 0 Å². The van der Waals surface area contributed by atoms with Crippen molar-refractivity contribution in [2.24, 2.45) is 0 Å². The van der Waals surface area contributed by atoms with Gasteiger partial charge in [0.2, 0.25) is 0 Å². The average molecular weight is 294 g/mol. The number of benzene rings is 1. The fraction of sp³-hybridized carbons (Fsp3) is 0.333. The SMILES string of the molecule is COc1cc(C=O)c(C=CCCSC(C)=O)cc1OC. The molecule has 0 radical (unpaired) electrons. The van der Waals surface area contributed by atoms with Crippen LogP contribution in [0.5, 0.6) is 11.5 Å². The van der Waals surface area contributed by atoms with E-state index in [0.29, 0.717) is 17.1 Å². The Morgan fingerprint density at radius 3 is 2.30 bits per heavy atom. The average Bonchev–Trinajstić information content (AvgIpc) is 2.45. The third-order valence-electron chi connectivity index (χ3n) is 2.60. The number of methoxy groups -OCH3 is 2. The zero-order chi connectivity index (χ0) is 15.0. The molecule has 0 atom stereocenters. The number of thioether (sulfide) groups is 1. The molecule has 0 heterocycles. The van der Waals surface area contributed by atoms with Crippen molar-refractivity contribution in [1.82, 2.24) is 0 Å². The quantitative estimate of drug-likeness (QED) is 0.571. The van der Waals surface area contributed by atoms with Gasteiger partial charge in [0.15, 0.2) is 22.9 Å². The predicted octanol–water partition coefficient (Wildman–Crippen LogP) is 3.20. The van der Waals surface area contributed by atoms with Gasteiger partial charge in [-0.05, 0) is 24.1 Å². The highest BCUT2D eigenvalue weighted by atomic mass is 32.2. The van der Waals surface area contributed by atoms with E-state index in [1.54, 1.807) is 26.2 Å². The second kappa shape index (κ2) is 8.43. The molecule has 20 heavy (non-hydrogen) atoms. The molecule has 1 aromatic carbocycles. The lowest BCUT2D eigenvalue weighted by atomic mass is 10.1. The highest BCUT2D eigenvalue weighted by Gasteiger charge is 2.08. The van der Waals surface area contributed by atoms with Crippen molar-refractivity contribution in [3.63, 3.8) is 0 Å². The second-order valence-electron chi connectivity index (χ2n) is 3.99. The molecule has 0 aliphatic carbocycles. The van der Waals surface area contributed by atoms with Crippen LogP contribution in [-0.4, -0.2) is 31.4 Å². The summed E-state index contributed by atoms with van der Waals surface area (Å²) in [5.74, 6) is 1.84. The van der Waals surface area contributed by atoms with Crippen LogP contribution in [-0.2, 0) is 4.79 Å². The van der Waals surface area contributed by atoms with E-state index < -0.39 is 0 Å². The number of hydrogen-bond acceptors (Lipinski definition) is 5. The molecule has 4 nitrogen and oxygen atoms in total. The molecular formula is C15H18O4S. The van der Waals surface area contributed by atoms with Crippen molar-refractivity contribution >= 4 is 29.2 Å². The molecular weight excluding hydrogens is 276 g/mol. The van der Waals surface area contributed by atoms with Gasteiger partial charge in [0, 0.05) is 18.2 Å². The lowest BCUT2D eigenvalue weighted by molar-refractivity contribution is -0.109. The summed E-state index contributed by atoms with van der Waals surface area (Å²) in [6.07, 6.45) is 5.33. The van der Waals surface area contributed by atoms with Gasteiger partial charge in [0.1, 0.15) is 0 Å². The van der Waals surface area contributed by atoms with Crippen molar-refractivity contribution < 1.29 is 19.1 Å². The highest BCUT2D eigenvalue weighted by molar-refractivity contribution is 8.13. The molecule has 0 aromatic heterocycles. The molecule has 0 saturated carbocycles. The van der Waals surface area contributed by atoms with Crippen LogP contribution in [0.1, 0.15) is 29.3 Å². The minimum Gasteiger partial charge on any atom is -0.493 e. The molecule has 0 unspecified atom stereocenters. The first kappa shape index (κ1) is 16.3. The van der Waals surface area contributed by atoms with Crippen LogP contribution in [0.4, 0.5) is 0 Å². The lowest BCUT2D eigenvalue weighted by Crippen LogP contribution is -1.95. The van der Waals surface area contributed by atoms with Crippen molar-refractivity contribution in [3.05, 3.63) is 29.3 Å². The summed E-state index contributed by atoms with van der Waals surface area (Å²) in [7, 11) is 3.08. The Kier molecular flexibility index (Phi) is 6.87. The van der Waals surface area contributed by atoms with Gasteiger partial charge in [-0.1, -0.05) is 23.9 Å². The molecule has 0 N–H and O–H groups in total. The molecule has 1 aromatic rings. The summed E-state index contributed by atoms with van der Waals surface area (Å²) in [5.41, 5.74) is 1.31. The first-order chi connectivity index (χ1) is 9.62. The van der Waals surface area contributed by atoms with E-state index in [-0.39, 0.29) is 5.12 Å². The molecule has 0 spiro atoms. The first-order valence-corrected chi connectivity index (χ1v) is 7.12. The monoisotopic (exact) mass is 294 g/mol. The third kappa shape index (κ3) is 4.74. The summed E-state index contributed by atoms with van der Waals surface area (Å²) < 4.78 is 10.4. The predicted molar refractivity (Wildman–Crippen MR) is 81.7 cm³/mol. The number of carbonyl (C=O) groups is 2. The maximum absolute atomic E-state index is 11.1. The zero-order valence-corrected chi connectivity index (χ0v) is 12.7. The molecule has 1 rings (SSSR count). The number of hydrogen-bond donors (Lipinski definition) is 0. The Bertz CT molecular complexity index is 509. The maximum atomic E-state index is 11.1. The Morgan fingerprint density at radius 2 is 1.80 bits per heavy atom. The molecule has 0 amide bonds. The van der Waals surface area contributed by atoms with E-state index in [1.807, 2.05) is 12.2 Å². The van der Waals surface area contributed by atoms with E-state index in [4.69, 9.17) is 9.47 Å². The van der Waals surface area contributed by atoms with E-state index in [9.17, 15) is 9.59 Å². The maximum Gasteiger partial charge on any atom is 0.185 e. The lowest BCUT2D eigenvalue weighted by Gasteiger charge is -2.10. The molecule has 0 fully saturated rings. The van der Waals surface area contributed by atoms with E-state index >= 15 is 0 Å². The minimum absolute atomic E-state index is 0.109. The third-order valence-corrected chi connectivity index (χ3v) is 3.45. The second-order valence-corrected chi connectivity index (χ2v) is 5.26. The van der Waals surface area contributed by atoms with Gasteiger partial charge < -0.3 is 9.47 Å². The number of allylic oxidation sites excluding steroid dienone is 1. The zero-order valence-electron chi connectivity index (χ0n) is 11.8. The van der Waals surface area contributed by atoms with Crippen LogP contribution in [0.3, 0.4) is 0 Å². The molecule has 0 aliphatic rings.